The molecule has 0 amide bonds. The molecule has 2 aromatic rings. The topological polar surface area (TPSA) is 30.5 Å². The molecule has 0 atom stereocenters. The van der Waals surface area contributed by atoms with Crippen molar-refractivity contribution in [2.24, 2.45) is 5.92 Å². The standard InChI is InChI=1S/C22H29NO2/c1-3-9-19(10-4-1)17-23-18-20-11-7-8-14-22(20)25-16-15-24-21-12-5-2-6-13-21/h2,5-8,11-14,19,23H,1,3-4,9-10,15-18H2. The fourth-order valence-electron chi connectivity index (χ4n) is 3.42. The average Bonchev–Trinajstić information content (AvgIpc) is 2.68. The molecule has 3 heteroatoms. The highest BCUT2D eigenvalue weighted by molar-refractivity contribution is 5.33. The van der Waals surface area contributed by atoms with E-state index >= 15 is 0 Å². The summed E-state index contributed by atoms with van der Waals surface area (Å²) in [4.78, 5) is 0. The molecule has 1 saturated carbocycles. The Morgan fingerprint density at radius 1 is 0.800 bits per heavy atom. The van der Waals surface area contributed by atoms with Crippen LogP contribution in [0.3, 0.4) is 0 Å². The van der Waals surface area contributed by atoms with Crippen LogP contribution in [0.4, 0.5) is 0 Å². The van der Waals surface area contributed by atoms with Crippen LogP contribution in [0.5, 0.6) is 11.5 Å². The highest BCUT2D eigenvalue weighted by Gasteiger charge is 2.13. The maximum atomic E-state index is 5.94. The molecule has 1 aliphatic carbocycles. The molecular weight excluding hydrogens is 310 g/mol. The van der Waals surface area contributed by atoms with Crippen LogP contribution >= 0.6 is 0 Å². The van der Waals surface area contributed by atoms with Gasteiger partial charge in [-0.1, -0.05) is 55.7 Å². The molecule has 1 N–H and O–H groups in total. The van der Waals surface area contributed by atoms with E-state index in [1.165, 1.54) is 37.7 Å². The lowest BCUT2D eigenvalue weighted by Crippen LogP contribution is -2.24. The molecule has 1 aliphatic rings. The second-order valence-electron chi connectivity index (χ2n) is 6.75. The zero-order valence-electron chi connectivity index (χ0n) is 15.0. The van der Waals surface area contributed by atoms with E-state index in [0.717, 1.165) is 30.5 Å². The third-order valence-electron chi connectivity index (χ3n) is 4.80. The van der Waals surface area contributed by atoms with Crippen LogP contribution in [0, 0.1) is 5.92 Å². The number of hydrogen-bond acceptors (Lipinski definition) is 3. The molecule has 0 saturated heterocycles. The van der Waals surface area contributed by atoms with E-state index in [-0.39, 0.29) is 0 Å². The first-order valence-corrected chi connectivity index (χ1v) is 9.51. The van der Waals surface area contributed by atoms with Gasteiger partial charge >= 0.3 is 0 Å². The van der Waals surface area contributed by atoms with Crippen molar-refractivity contribution in [1.82, 2.24) is 5.32 Å². The van der Waals surface area contributed by atoms with Crippen molar-refractivity contribution in [3.8, 4) is 11.5 Å². The molecule has 0 bridgehead atoms. The maximum absolute atomic E-state index is 5.94. The van der Waals surface area contributed by atoms with E-state index in [1.54, 1.807) is 0 Å². The van der Waals surface area contributed by atoms with Crippen LogP contribution in [0.2, 0.25) is 0 Å². The second kappa shape index (κ2) is 10.1. The van der Waals surface area contributed by atoms with Gasteiger partial charge < -0.3 is 14.8 Å². The zero-order valence-corrected chi connectivity index (χ0v) is 15.0. The van der Waals surface area contributed by atoms with Crippen molar-refractivity contribution >= 4 is 0 Å². The Kier molecular flexibility index (Phi) is 7.19. The molecule has 0 unspecified atom stereocenters. The predicted octanol–water partition coefficient (Wildman–Crippen LogP) is 4.81. The summed E-state index contributed by atoms with van der Waals surface area (Å²) in [6.45, 7) is 3.08. The molecule has 3 nitrogen and oxygen atoms in total. The van der Waals surface area contributed by atoms with Crippen LogP contribution in [0.25, 0.3) is 0 Å². The Labute approximate surface area is 151 Å². The SMILES string of the molecule is c1ccc(OCCOc2ccccc2CNCC2CCCCC2)cc1. The molecular formula is C22H29NO2. The predicted molar refractivity (Wildman–Crippen MR) is 102 cm³/mol. The first-order valence-electron chi connectivity index (χ1n) is 9.51. The molecule has 0 radical (unpaired) electrons. The smallest absolute Gasteiger partial charge is 0.123 e. The highest BCUT2D eigenvalue weighted by atomic mass is 16.5. The van der Waals surface area contributed by atoms with E-state index in [0.29, 0.717) is 13.2 Å². The molecule has 0 heterocycles. The quantitative estimate of drug-likeness (QED) is 0.665. The van der Waals surface area contributed by atoms with Gasteiger partial charge in [-0.3, -0.25) is 0 Å². The van der Waals surface area contributed by atoms with Crippen molar-refractivity contribution in [1.29, 1.82) is 0 Å². The molecule has 134 valence electrons. The number of hydrogen-bond donors (Lipinski definition) is 1. The fraction of sp³-hybridized carbons (Fsp3) is 0.455. The van der Waals surface area contributed by atoms with Gasteiger partial charge in [0.15, 0.2) is 0 Å². The lowest BCUT2D eigenvalue weighted by molar-refractivity contribution is 0.215. The Bertz CT molecular complexity index is 608. The van der Waals surface area contributed by atoms with Gasteiger partial charge in [0.2, 0.25) is 0 Å². The second-order valence-corrected chi connectivity index (χ2v) is 6.75. The number of ether oxygens (including phenoxy) is 2. The normalized spacial score (nSPS) is 15.0. The van der Waals surface area contributed by atoms with E-state index in [9.17, 15) is 0 Å². The number of rotatable bonds is 9. The van der Waals surface area contributed by atoms with Crippen LogP contribution in [-0.4, -0.2) is 19.8 Å². The number of benzene rings is 2. The monoisotopic (exact) mass is 339 g/mol. The third-order valence-corrected chi connectivity index (χ3v) is 4.80. The molecule has 0 spiro atoms. The molecule has 0 aliphatic heterocycles. The van der Waals surface area contributed by atoms with E-state index < -0.39 is 0 Å². The minimum absolute atomic E-state index is 0.549. The molecule has 1 fully saturated rings. The van der Waals surface area contributed by atoms with Crippen molar-refractivity contribution in [3.63, 3.8) is 0 Å². The maximum Gasteiger partial charge on any atom is 0.123 e. The molecule has 2 aromatic carbocycles. The largest absolute Gasteiger partial charge is 0.490 e. The lowest BCUT2D eigenvalue weighted by atomic mass is 9.89. The van der Waals surface area contributed by atoms with E-state index in [4.69, 9.17) is 9.47 Å². The molecule has 3 rings (SSSR count). The van der Waals surface area contributed by atoms with Gasteiger partial charge in [-0.25, -0.2) is 0 Å². The summed E-state index contributed by atoms with van der Waals surface area (Å²) in [6.07, 6.45) is 6.96. The highest BCUT2D eigenvalue weighted by Crippen LogP contribution is 2.23. The van der Waals surface area contributed by atoms with Crippen molar-refractivity contribution in [2.75, 3.05) is 19.8 Å². The Balaban J connectivity index is 1.40. The van der Waals surface area contributed by atoms with Crippen LogP contribution in [0.1, 0.15) is 37.7 Å². The van der Waals surface area contributed by atoms with Gasteiger partial charge in [0.1, 0.15) is 24.7 Å². The van der Waals surface area contributed by atoms with Gasteiger partial charge in [0.05, 0.1) is 0 Å². The third kappa shape index (κ3) is 6.09. The van der Waals surface area contributed by atoms with Crippen LogP contribution < -0.4 is 14.8 Å². The Morgan fingerprint density at radius 2 is 1.52 bits per heavy atom. The van der Waals surface area contributed by atoms with Gasteiger partial charge in [-0.05, 0) is 43.5 Å². The summed E-state index contributed by atoms with van der Waals surface area (Å²) in [7, 11) is 0. The summed E-state index contributed by atoms with van der Waals surface area (Å²) >= 11 is 0. The van der Waals surface area contributed by atoms with E-state index in [1.807, 2.05) is 42.5 Å². The summed E-state index contributed by atoms with van der Waals surface area (Å²) in [5, 5.41) is 3.62. The van der Waals surface area contributed by atoms with Crippen LogP contribution in [-0.2, 0) is 6.54 Å². The number of para-hydroxylation sites is 2. The Morgan fingerprint density at radius 3 is 2.36 bits per heavy atom. The Hall–Kier alpha value is -2.00. The summed E-state index contributed by atoms with van der Waals surface area (Å²) in [5.74, 6) is 2.69. The van der Waals surface area contributed by atoms with E-state index in [2.05, 4.69) is 17.4 Å². The minimum Gasteiger partial charge on any atom is -0.490 e. The summed E-state index contributed by atoms with van der Waals surface area (Å²) in [6, 6.07) is 18.1. The van der Waals surface area contributed by atoms with Crippen LogP contribution in [0.15, 0.2) is 54.6 Å². The van der Waals surface area contributed by atoms with Crippen molar-refractivity contribution < 1.29 is 9.47 Å². The summed E-state index contributed by atoms with van der Waals surface area (Å²) in [5.41, 5.74) is 1.22. The van der Waals surface area contributed by atoms with Gasteiger partial charge in [0.25, 0.3) is 0 Å². The first-order chi connectivity index (χ1) is 12.4. The van der Waals surface area contributed by atoms with Crippen molar-refractivity contribution in [3.05, 3.63) is 60.2 Å². The van der Waals surface area contributed by atoms with Crippen molar-refractivity contribution in [2.45, 2.75) is 38.6 Å². The van der Waals surface area contributed by atoms with Gasteiger partial charge in [-0.15, -0.1) is 0 Å². The minimum atomic E-state index is 0.549. The fourth-order valence-corrected chi connectivity index (χ4v) is 3.42. The first kappa shape index (κ1) is 17.8. The summed E-state index contributed by atoms with van der Waals surface area (Å²) < 4.78 is 11.6. The molecule has 0 aromatic heterocycles. The lowest BCUT2D eigenvalue weighted by Gasteiger charge is -2.22. The number of nitrogens with one attached hydrogen (secondary N) is 1. The molecule has 25 heavy (non-hydrogen) atoms. The zero-order chi connectivity index (χ0) is 17.2. The average molecular weight is 339 g/mol. The van der Waals surface area contributed by atoms with Gasteiger partial charge in [0, 0.05) is 12.1 Å². The van der Waals surface area contributed by atoms with Gasteiger partial charge in [-0.2, -0.15) is 0 Å².